The molecule has 0 aliphatic carbocycles. The van der Waals surface area contributed by atoms with Crippen molar-refractivity contribution in [2.24, 2.45) is 0 Å². The molecule has 2 amide bonds. The Morgan fingerprint density at radius 3 is 2.80 bits per heavy atom. The number of hydrazine groups is 1. The van der Waals surface area contributed by atoms with Crippen LogP contribution in [0.3, 0.4) is 0 Å². The van der Waals surface area contributed by atoms with E-state index in [1.807, 2.05) is 30.3 Å². The van der Waals surface area contributed by atoms with Gasteiger partial charge < -0.3 is 10.6 Å². The average Bonchev–Trinajstić information content (AvgIpc) is 2.64. The molecule has 0 spiro atoms. The van der Waals surface area contributed by atoms with Crippen molar-refractivity contribution >= 4 is 40.0 Å². The van der Waals surface area contributed by atoms with Gasteiger partial charge in [0.2, 0.25) is 0 Å². The van der Waals surface area contributed by atoms with Gasteiger partial charge in [-0.1, -0.05) is 18.1 Å². The van der Waals surface area contributed by atoms with E-state index in [1.54, 1.807) is 13.1 Å². The van der Waals surface area contributed by atoms with Gasteiger partial charge in [-0.25, -0.2) is 0 Å². The number of rotatable bonds is 3. The van der Waals surface area contributed by atoms with Crippen molar-refractivity contribution in [2.45, 2.75) is 13.5 Å². The highest BCUT2D eigenvalue weighted by molar-refractivity contribution is 7.80. The molecule has 1 aromatic carbocycles. The number of hydrogen-bond acceptors (Lipinski definition) is 4. The van der Waals surface area contributed by atoms with E-state index in [1.165, 1.54) is 0 Å². The number of amides is 2. The second-order valence-corrected chi connectivity index (χ2v) is 5.31. The summed E-state index contributed by atoms with van der Waals surface area (Å²) in [5.74, 6) is 3.84. The Kier molecular flexibility index (Phi) is 6.68. The van der Waals surface area contributed by atoms with Gasteiger partial charge in [-0.15, -0.1) is 5.92 Å². The summed E-state index contributed by atoms with van der Waals surface area (Å²) in [5.41, 5.74) is 6.38. The van der Waals surface area contributed by atoms with E-state index in [-0.39, 0.29) is 11.7 Å². The topological polar surface area (TPSA) is 95.1 Å². The Hall–Kier alpha value is -3.18. The molecule has 0 aliphatic rings. The van der Waals surface area contributed by atoms with Crippen LogP contribution in [0.15, 0.2) is 36.5 Å². The molecule has 1 aromatic heterocycles. The molecule has 7 nitrogen and oxygen atoms in total. The van der Waals surface area contributed by atoms with Gasteiger partial charge in [-0.05, 0) is 42.9 Å². The van der Waals surface area contributed by atoms with E-state index < -0.39 is 11.8 Å². The lowest BCUT2D eigenvalue weighted by Gasteiger charge is -2.10. The van der Waals surface area contributed by atoms with Gasteiger partial charge >= 0.3 is 11.8 Å². The lowest BCUT2D eigenvalue weighted by atomic mass is 10.1. The molecule has 0 radical (unpaired) electrons. The Morgan fingerprint density at radius 2 is 2.00 bits per heavy atom. The molecular formula is C17H17N5O2S. The molecule has 0 fully saturated rings. The lowest BCUT2D eigenvalue weighted by molar-refractivity contribution is -0.139. The van der Waals surface area contributed by atoms with Crippen LogP contribution in [0.2, 0.25) is 0 Å². The van der Waals surface area contributed by atoms with Crippen LogP contribution < -0.4 is 21.5 Å². The first-order valence-corrected chi connectivity index (χ1v) is 7.86. The van der Waals surface area contributed by atoms with Crippen molar-refractivity contribution in [3.63, 3.8) is 0 Å². The Morgan fingerprint density at radius 1 is 1.16 bits per heavy atom. The summed E-state index contributed by atoms with van der Waals surface area (Å²) in [4.78, 5) is 27.7. The number of nitrogens with zero attached hydrogens (tertiary/aromatic N) is 1. The Labute approximate surface area is 150 Å². The standard InChI is InChI=1S/C17H17N5O2S/c1-2-3-8-19-17(25)22-21-16(24)15(23)20-11-12-6-7-14-13(10-12)5-4-9-18-14/h4-7,9-10H,8,11H2,1H3,(H,20,23)(H,21,24)(H2,19,22,25). The van der Waals surface area contributed by atoms with Crippen LogP contribution in [0.25, 0.3) is 10.9 Å². The maximum atomic E-state index is 11.8. The summed E-state index contributed by atoms with van der Waals surface area (Å²) >= 11 is 4.92. The van der Waals surface area contributed by atoms with Crippen LogP contribution in [-0.2, 0) is 16.1 Å². The van der Waals surface area contributed by atoms with E-state index in [9.17, 15) is 9.59 Å². The molecule has 2 aromatic rings. The minimum absolute atomic E-state index is 0.172. The summed E-state index contributed by atoms with van der Waals surface area (Å²) in [6, 6.07) is 9.39. The first-order valence-electron chi connectivity index (χ1n) is 7.45. The lowest BCUT2D eigenvalue weighted by Crippen LogP contribution is -2.51. The van der Waals surface area contributed by atoms with Gasteiger partial charge in [0.25, 0.3) is 0 Å². The molecule has 0 unspecified atom stereocenters. The normalized spacial score (nSPS) is 9.48. The summed E-state index contributed by atoms with van der Waals surface area (Å²) in [5, 5.41) is 6.43. The number of hydrogen-bond donors (Lipinski definition) is 4. The largest absolute Gasteiger partial charge is 0.350 e. The molecule has 8 heteroatoms. The van der Waals surface area contributed by atoms with Gasteiger partial charge in [0.1, 0.15) is 0 Å². The first kappa shape index (κ1) is 18.2. The Bertz CT molecular complexity index is 857. The van der Waals surface area contributed by atoms with Crippen molar-refractivity contribution in [3.8, 4) is 11.8 Å². The number of carbonyl (C=O) groups excluding carboxylic acids is 2. The maximum Gasteiger partial charge on any atom is 0.327 e. The van der Waals surface area contributed by atoms with Crippen LogP contribution >= 0.6 is 12.2 Å². The predicted octanol–water partition coefficient (Wildman–Crippen LogP) is 0.370. The first-order chi connectivity index (χ1) is 12.1. The summed E-state index contributed by atoms with van der Waals surface area (Å²) < 4.78 is 0. The van der Waals surface area contributed by atoms with Gasteiger partial charge in [0.15, 0.2) is 5.11 Å². The SMILES string of the molecule is CC#CCNC(=S)NNC(=O)C(=O)NCc1ccc2ncccc2c1. The summed E-state index contributed by atoms with van der Waals surface area (Å²) in [7, 11) is 0. The molecule has 0 saturated heterocycles. The van der Waals surface area contributed by atoms with Crippen LogP contribution in [0.1, 0.15) is 12.5 Å². The quantitative estimate of drug-likeness (QED) is 0.275. The van der Waals surface area contributed by atoms with E-state index in [0.29, 0.717) is 6.54 Å². The number of pyridine rings is 1. The van der Waals surface area contributed by atoms with E-state index in [0.717, 1.165) is 16.5 Å². The van der Waals surface area contributed by atoms with Crippen LogP contribution in [0.5, 0.6) is 0 Å². The van der Waals surface area contributed by atoms with E-state index >= 15 is 0 Å². The molecule has 1 heterocycles. The number of carbonyl (C=O) groups is 2. The molecule has 0 atom stereocenters. The van der Waals surface area contributed by atoms with Crippen molar-refractivity contribution in [1.82, 2.24) is 26.5 Å². The van der Waals surface area contributed by atoms with E-state index in [2.05, 4.69) is 38.3 Å². The van der Waals surface area contributed by atoms with Gasteiger partial charge in [-0.3, -0.25) is 25.4 Å². The highest BCUT2D eigenvalue weighted by Crippen LogP contribution is 2.12. The van der Waals surface area contributed by atoms with Crippen LogP contribution in [-0.4, -0.2) is 28.5 Å². The van der Waals surface area contributed by atoms with Gasteiger partial charge in [0, 0.05) is 18.1 Å². The number of fused-ring (bicyclic) bond motifs is 1. The highest BCUT2D eigenvalue weighted by atomic mass is 32.1. The number of aromatic nitrogens is 1. The average molecular weight is 355 g/mol. The smallest absolute Gasteiger partial charge is 0.327 e. The van der Waals surface area contributed by atoms with Crippen molar-refractivity contribution in [1.29, 1.82) is 0 Å². The number of nitrogens with one attached hydrogen (secondary N) is 4. The fourth-order valence-corrected chi connectivity index (χ4v) is 2.05. The Balaban J connectivity index is 1.79. The zero-order chi connectivity index (χ0) is 18.1. The third-order valence-corrected chi connectivity index (χ3v) is 3.38. The molecule has 4 N–H and O–H groups in total. The van der Waals surface area contributed by atoms with Crippen molar-refractivity contribution in [2.75, 3.05) is 6.54 Å². The molecule has 0 bridgehead atoms. The zero-order valence-electron chi connectivity index (χ0n) is 13.6. The minimum Gasteiger partial charge on any atom is -0.350 e. The third-order valence-electron chi connectivity index (χ3n) is 3.13. The van der Waals surface area contributed by atoms with Gasteiger partial charge in [0.05, 0.1) is 12.1 Å². The predicted molar refractivity (Wildman–Crippen MR) is 98.9 cm³/mol. The summed E-state index contributed by atoms with van der Waals surface area (Å²) in [6.45, 7) is 2.28. The van der Waals surface area contributed by atoms with Crippen LogP contribution in [0.4, 0.5) is 0 Å². The molecule has 25 heavy (non-hydrogen) atoms. The molecular weight excluding hydrogens is 338 g/mol. The fourth-order valence-electron chi connectivity index (χ4n) is 1.93. The highest BCUT2D eigenvalue weighted by Gasteiger charge is 2.13. The summed E-state index contributed by atoms with van der Waals surface area (Å²) in [6.07, 6.45) is 1.72. The number of thiocarbonyl (C=S) groups is 1. The molecule has 128 valence electrons. The minimum atomic E-state index is -0.840. The number of benzene rings is 1. The van der Waals surface area contributed by atoms with Gasteiger partial charge in [-0.2, -0.15) is 0 Å². The molecule has 2 rings (SSSR count). The monoisotopic (exact) mass is 355 g/mol. The second kappa shape index (κ2) is 9.20. The molecule has 0 saturated carbocycles. The van der Waals surface area contributed by atoms with Crippen molar-refractivity contribution < 1.29 is 9.59 Å². The van der Waals surface area contributed by atoms with Crippen molar-refractivity contribution in [3.05, 3.63) is 42.1 Å². The molecule has 0 aliphatic heterocycles. The zero-order valence-corrected chi connectivity index (χ0v) is 14.4. The third kappa shape index (κ3) is 5.75. The second-order valence-electron chi connectivity index (χ2n) is 4.90. The fraction of sp³-hybridized carbons (Fsp3) is 0.176. The van der Waals surface area contributed by atoms with E-state index in [4.69, 9.17) is 12.2 Å². The van der Waals surface area contributed by atoms with Crippen LogP contribution in [0, 0.1) is 11.8 Å². The maximum absolute atomic E-state index is 11.8.